The van der Waals surface area contributed by atoms with Crippen molar-refractivity contribution in [2.45, 2.75) is 57.0 Å². The molecule has 0 aromatic rings. The van der Waals surface area contributed by atoms with E-state index < -0.39 is 0 Å². The van der Waals surface area contributed by atoms with Gasteiger partial charge in [-0.1, -0.05) is 6.42 Å². The number of hydrogen-bond acceptors (Lipinski definition) is 2. The van der Waals surface area contributed by atoms with Crippen molar-refractivity contribution in [1.29, 1.82) is 0 Å². The minimum atomic E-state index is 0.964. The van der Waals surface area contributed by atoms with E-state index in [1.165, 1.54) is 71.1 Å². The maximum atomic E-state index is 2.88. The van der Waals surface area contributed by atoms with E-state index in [1.54, 1.807) is 0 Å². The highest BCUT2D eigenvalue weighted by Crippen LogP contribution is 2.44. The second kappa shape index (κ2) is 4.24. The normalized spacial score (nSPS) is 47.3. The van der Waals surface area contributed by atoms with E-state index in [2.05, 4.69) is 9.80 Å². The van der Waals surface area contributed by atoms with Crippen LogP contribution < -0.4 is 0 Å². The number of fused-ring (bicyclic) bond motifs is 2. The molecule has 0 amide bonds. The molecule has 2 heteroatoms. The van der Waals surface area contributed by atoms with Crippen molar-refractivity contribution < 1.29 is 0 Å². The molecule has 4 saturated heterocycles. The molecular formula is C15H26N2. The lowest BCUT2D eigenvalue weighted by Gasteiger charge is -2.58. The lowest BCUT2D eigenvalue weighted by Crippen LogP contribution is -2.65. The van der Waals surface area contributed by atoms with Gasteiger partial charge in [0.05, 0.1) is 0 Å². The van der Waals surface area contributed by atoms with Gasteiger partial charge in [-0.2, -0.15) is 0 Å². The van der Waals surface area contributed by atoms with Gasteiger partial charge in [0.1, 0.15) is 0 Å². The zero-order valence-corrected chi connectivity index (χ0v) is 11.0. The average molecular weight is 234 g/mol. The molecule has 4 heterocycles. The van der Waals surface area contributed by atoms with E-state index in [0.717, 1.165) is 23.9 Å². The van der Waals surface area contributed by atoms with Crippen molar-refractivity contribution in [3.8, 4) is 0 Å². The molecule has 0 N–H and O–H groups in total. The number of hydrogen-bond donors (Lipinski definition) is 0. The van der Waals surface area contributed by atoms with Gasteiger partial charge in [0.25, 0.3) is 0 Å². The quantitative estimate of drug-likeness (QED) is 0.635. The first kappa shape index (κ1) is 10.8. The fourth-order valence-corrected chi connectivity index (χ4v) is 5.41. The van der Waals surface area contributed by atoms with Crippen molar-refractivity contribution in [3.05, 3.63) is 0 Å². The maximum Gasteiger partial charge on any atom is 0.0179 e. The molecule has 0 spiro atoms. The average Bonchev–Trinajstić information content (AvgIpc) is 2.39. The molecule has 0 saturated carbocycles. The van der Waals surface area contributed by atoms with Crippen LogP contribution in [0.1, 0.15) is 44.9 Å². The Kier molecular flexibility index (Phi) is 2.69. The molecule has 4 rings (SSSR count). The molecule has 0 aliphatic carbocycles. The van der Waals surface area contributed by atoms with Crippen molar-refractivity contribution in [2.75, 3.05) is 26.2 Å². The minimum absolute atomic E-state index is 0.964. The summed E-state index contributed by atoms with van der Waals surface area (Å²) < 4.78 is 0. The molecule has 4 atom stereocenters. The fourth-order valence-electron chi connectivity index (χ4n) is 5.41. The highest BCUT2D eigenvalue weighted by molar-refractivity contribution is 5.03. The van der Waals surface area contributed by atoms with E-state index in [4.69, 9.17) is 0 Å². The van der Waals surface area contributed by atoms with Crippen LogP contribution in [-0.2, 0) is 0 Å². The smallest absolute Gasteiger partial charge is 0.0179 e. The van der Waals surface area contributed by atoms with Crippen LogP contribution in [0.25, 0.3) is 0 Å². The summed E-state index contributed by atoms with van der Waals surface area (Å²) in [7, 11) is 0. The van der Waals surface area contributed by atoms with Crippen LogP contribution in [0.2, 0.25) is 0 Å². The van der Waals surface area contributed by atoms with Crippen LogP contribution in [0, 0.1) is 11.8 Å². The van der Waals surface area contributed by atoms with Crippen molar-refractivity contribution >= 4 is 0 Å². The number of rotatable bonds is 0. The summed E-state index contributed by atoms with van der Waals surface area (Å²) in [6.07, 6.45) is 10.4. The minimum Gasteiger partial charge on any atom is -0.300 e. The van der Waals surface area contributed by atoms with E-state index >= 15 is 0 Å². The highest BCUT2D eigenvalue weighted by Gasteiger charge is 2.48. The Balaban J connectivity index is 1.63. The molecule has 4 aliphatic rings. The first-order chi connectivity index (χ1) is 8.43. The lowest BCUT2D eigenvalue weighted by atomic mass is 9.68. The van der Waals surface area contributed by atoms with Gasteiger partial charge in [0.2, 0.25) is 0 Å². The molecular weight excluding hydrogens is 208 g/mol. The second-order valence-electron chi connectivity index (χ2n) is 6.79. The molecule has 0 radical (unpaired) electrons. The van der Waals surface area contributed by atoms with Gasteiger partial charge in [-0.15, -0.1) is 0 Å². The van der Waals surface area contributed by atoms with E-state index in [9.17, 15) is 0 Å². The Hall–Kier alpha value is -0.0800. The molecule has 4 fully saturated rings. The summed E-state index contributed by atoms with van der Waals surface area (Å²) in [5.74, 6) is 2.05. The predicted octanol–water partition coefficient (Wildman–Crippen LogP) is 2.35. The van der Waals surface area contributed by atoms with Gasteiger partial charge < -0.3 is 0 Å². The maximum absolute atomic E-state index is 2.88. The molecule has 2 nitrogen and oxygen atoms in total. The highest BCUT2D eigenvalue weighted by atomic mass is 15.3. The molecule has 0 bridgehead atoms. The van der Waals surface area contributed by atoms with Crippen LogP contribution in [-0.4, -0.2) is 48.1 Å². The lowest BCUT2D eigenvalue weighted by molar-refractivity contribution is -0.0859. The number of nitrogens with zero attached hydrogens (tertiary/aromatic N) is 2. The van der Waals surface area contributed by atoms with Crippen molar-refractivity contribution in [3.63, 3.8) is 0 Å². The Morgan fingerprint density at radius 1 is 0.706 bits per heavy atom. The van der Waals surface area contributed by atoms with Crippen molar-refractivity contribution in [2.24, 2.45) is 11.8 Å². The first-order valence-corrected chi connectivity index (χ1v) is 7.91. The molecule has 0 aromatic heterocycles. The van der Waals surface area contributed by atoms with Crippen LogP contribution in [0.15, 0.2) is 0 Å². The van der Waals surface area contributed by atoms with Crippen molar-refractivity contribution in [1.82, 2.24) is 9.80 Å². The largest absolute Gasteiger partial charge is 0.300 e. The van der Waals surface area contributed by atoms with Gasteiger partial charge in [0.15, 0.2) is 0 Å². The third kappa shape index (κ3) is 1.67. The summed E-state index contributed by atoms with van der Waals surface area (Å²) in [4.78, 5) is 5.75. The van der Waals surface area contributed by atoms with Gasteiger partial charge in [-0.25, -0.2) is 0 Å². The molecule has 0 aromatic carbocycles. The first-order valence-electron chi connectivity index (χ1n) is 7.91. The summed E-state index contributed by atoms with van der Waals surface area (Å²) in [6, 6.07) is 1.95. The Morgan fingerprint density at radius 2 is 1.53 bits per heavy atom. The molecule has 17 heavy (non-hydrogen) atoms. The zero-order chi connectivity index (χ0) is 11.2. The second-order valence-corrected chi connectivity index (χ2v) is 6.79. The SMILES string of the molecule is C1CCN2C[C@@H]3CCCN4CCC[C@@H]([C@H]34)[C@@H]2C1. The molecule has 4 aliphatic heterocycles. The standard InChI is InChI=1S/C15H26N2/c1-2-8-17-11-12-5-3-9-16-10-4-6-13(15(12)16)14(17)7-1/h12-15H,1-11H2/t12-,13+,14-,15-/m0/s1. The van der Waals surface area contributed by atoms with Gasteiger partial charge in [0, 0.05) is 18.6 Å². The van der Waals surface area contributed by atoms with Gasteiger partial charge >= 0.3 is 0 Å². The van der Waals surface area contributed by atoms with Crippen LogP contribution in [0.4, 0.5) is 0 Å². The van der Waals surface area contributed by atoms with Gasteiger partial charge in [-0.3, -0.25) is 9.80 Å². The van der Waals surface area contributed by atoms with Crippen LogP contribution >= 0.6 is 0 Å². The monoisotopic (exact) mass is 234 g/mol. The van der Waals surface area contributed by atoms with E-state index in [-0.39, 0.29) is 0 Å². The zero-order valence-electron chi connectivity index (χ0n) is 11.0. The number of piperidine rings is 4. The summed E-state index contributed by atoms with van der Waals surface area (Å²) in [5.41, 5.74) is 0. The van der Waals surface area contributed by atoms with Crippen LogP contribution in [0.5, 0.6) is 0 Å². The Morgan fingerprint density at radius 3 is 2.47 bits per heavy atom. The predicted molar refractivity (Wildman–Crippen MR) is 70.0 cm³/mol. The van der Waals surface area contributed by atoms with E-state index in [0.29, 0.717) is 0 Å². The third-order valence-electron chi connectivity index (χ3n) is 5.97. The fraction of sp³-hybridized carbons (Fsp3) is 1.00. The topological polar surface area (TPSA) is 6.48 Å². The Bertz CT molecular complexity index is 289. The molecule has 96 valence electrons. The van der Waals surface area contributed by atoms with E-state index in [1.807, 2.05) is 0 Å². The summed E-state index contributed by atoms with van der Waals surface area (Å²) in [5, 5.41) is 0. The molecule has 0 unspecified atom stereocenters. The third-order valence-corrected chi connectivity index (χ3v) is 5.97. The summed E-state index contributed by atoms with van der Waals surface area (Å²) >= 11 is 0. The van der Waals surface area contributed by atoms with Crippen LogP contribution in [0.3, 0.4) is 0 Å². The summed E-state index contributed by atoms with van der Waals surface area (Å²) in [6.45, 7) is 5.65. The Labute approximate surface area is 105 Å². The van der Waals surface area contributed by atoms with Gasteiger partial charge in [-0.05, 0) is 70.0 Å².